The van der Waals surface area contributed by atoms with Gasteiger partial charge in [0, 0.05) is 14.2 Å². The van der Waals surface area contributed by atoms with E-state index in [4.69, 9.17) is 0 Å². The molecule has 0 saturated heterocycles. The largest absolute Gasteiger partial charge is 0.433 e. The second-order valence-corrected chi connectivity index (χ2v) is 7.81. The molecule has 0 aromatic carbocycles. The van der Waals surface area contributed by atoms with E-state index in [0.29, 0.717) is 0 Å². The number of alkyl halides is 3. The van der Waals surface area contributed by atoms with Crippen molar-refractivity contribution in [2.45, 2.75) is 32.5 Å². The molecule has 0 aliphatic carbocycles. The number of Topliss-reactive ketones (excluding diaryl/α,β-unsaturated/α-hetero) is 1. The van der Waals surface area contributed by atoms with E-state index < -0.39 is 42.5 Å². The first kappa shape index (κ1) is 18.9. The highest BCUT2D eigenvalue weighted by molar-refractivity contribution is 7.54. The zero-order valence-electron chi connectivity index (χ0n) is 12.9. The number of aromatic nitrogens is 2. The maximum Gasteiger partial charge on any atom is 0.433 e. The highest BCUT2D eigenvalue weighted by Gasteiger charge is 2.43. The van der Waals surface area contributed by atoms with Gasteiger partial charge in [-0.2, -0.15) is 18.3 Å². The molecule has 1 aromatic rings. The van der Waals surface area contributed by atoms with Crippen LogP contribution in [0.15, 0.2) is 6.20 Å². The summed E-state index contributed by atoms with van der Waals surface area (Å²) in [6, 6.07) is 0. The van der Waals surface area contributed by atoms with Gasteiger partial charge in [-0.25, -0.2) is 0 Å². The molecular formula is C12H18F3N2O4P. The van der Waals surface area contributed by atoms with E-state index in [1.165, 1.54) is 20.8 Å². The van der Waals surface area contributed by atoms with Gasteiger partial charge in [-0.1, -0.05) is 0 Å². The third-order valence-corrected chi connectivity index (χ3v) is 4.65. The number of hydrogen-bond donors (Lipinski definition) is 0. The fourth-order valence-electron chi connectivity index (χ4n) is 1.80. The fraction of sp³-hybridized carbons (Fsp3) is 0.667. The minimum atomic E-state index is -4.78. The third kappa shape index (κ3) is 3.97. The smallest absolute Gasteiger partial charge is 0.312 e. The number of nitrogens with zero attached hydrogens (tertiary/aromatic N) is 2. The Morgan fingerprint density at radius 2 is 1.77 bits per heavy atom. The average Bonchev–Trinajstić information content (AvgIpc) is 2.83. The Kier molecular flexibility index (Phi) is 5.26. The van der Waals surface area contributed by atoms with Gasteiger partial charge in [0.1, 0.15) is 6.16 Å². The van der Waals surface area contributed by atoms with Gasteiger partial charge in [0.05, 0.1) is 17.3 Å². The highest BCUT2D eigenvalue weighted by atomic mass is 31.2. The summed E-state index contributed by atoms with van der Waals surface area (Å²) in [7, 11) is -1.65. The predicted octanol–water partition coefficient (Wildman–Crippen LogP) is 3.33. The second-order valence-electron chi connectivity index (χ2n) is 5.54. The van der Waals surface area contributed by atoms with Crippen LogP contribution >= 0.6 is 7.60 Å². The molecule has 0 bridgehead atoms. The molecule has 0 aliphatic rings. The number of halogens is 3. The summed E-state index contributed by atoms with van der Waals surface area (Å²) >= 11 is 0. The standard InChI is InChI=1S/C12H18F3N2O4P/c1-11(2,3)17-10(12(13,14)15)8(6-16-17)9(18)7-22(19,20-4)21-5/h6H,7H2,1-5H3. The van der Waals surface area contributed by atoms with E-state index in [1.807, 2.05) is 0 Å². The van der Waals surface area contributed by atoms with Gasteiger partial charge >= 0.3 is 13.8 Å². The van der Waals surface area contributed by atoms with Crippen molar-refractivity contribution in [1.29, 1.82) is 0 Å². The van der Waals surface area contributed by atoms with Crippen LogP contribution in [0.25, 0.3) is 0 Å². The van der Waals surface area contributed by atoms with Crippen molar-refractivity contribution in [1.82, 2.24) is 9.78 Å². The lowest BCUT2D eigenvalue weighted by molar-refractivity contribution is -0.146. The molecule has 0 amide bonds. The zero-order valence-corrected chi connectivity index (χ0v) is 13.8. The first-order valence-corrected chi connectivity index (χ1v) is 7.98. The summed E-state index contributed by atoms with van der Waals surface area (Å²) in [5.41, 5.74) is -2.81. The average molecular weight is 342 g/mol. The minimum Gasteiger partial charge on any atom is -0.312 e. The van der Waals surface area contributed by atoms with Crippen LogP contribution < -0.4 is 0 Å². The molecule has 6 nitrogen and oxygen atoms in total. The molecule has 10 heteroatoms. The Balaban J connectivity index is 3.35. The van der Waals surface area contributed by atoms with Gasteiger partial charge in [0.2, 0.25) is 0 Å². The van der Waals surface area contributed by atoms with Crippen LogP contribution in [0.5, 0.6) is 0 Å². The molecule has 1 rings (SSSR count). The van der Waals surface area contributed by atoms with Crippen molar-refractivity contribution in [2.24, 2.45) is 0 Å². The molecule has 0 fully saturated rings. The first-order chi connectivity index (χ1) is 9.85. The number of ketones is 1. The van der Waals surface area contributed by atoms with E-state index in [1.54, 1.807) is 0 Å². The van der Waals surface area contributed by atoms with Crippen molar-refractivity contribution >= 4 is 13.4 Å². The van der Waals surface area contributed by atoms with Crippen LogP contribution in [0, 0.1) is 0 Å². The molecule has 0 spiro atoms. The number of carbonyl (C=O) groups excluding carboxylic acids is 1. The maximum absolute atomic E-state index is 13.3. The molecule has 22 heavy (non-hydrogen) atoms. The number of hydrogen-bond acceptors (Lipinski definition) is 5. The summed E-state index contributed by atoms with van der Waals surface area (Å²) in [4.78, 5) is 12.1. The number of rotatable bonds is 5. The molecular weight excluding hydrogens is 324 g/mol. The second kappa shape index (κ2) is 6.14. The molecule has 126 valence electrons. The summed E-state index contributed by atoms with van der Waals surface area (Å²) in [6.07, 6.45) is -4.75. The van der Waals surface area contributed by atoms with Crippen molar-refractivity contribution in [2.75, 3.05) is 20.4 Å². The van der Waals surface area contributed by atoms with Crippen LogP contribution in [0.3, 0.4) is 0 Å². The molecule has 0 atom stereocenters. The molecule has 0 N–H and O–H groups in total. The van der Waals surface area contributed by atoms with Crippen LogP contribution in [-0.4, -0.2) is 35.9 Å². The van der Waals surface area contributed by atoms with Crippen molar-refractivity contribution in [3.05, 3.63) is 17.5 Å². The maximum atomic E-state index is 13.3. The van der Waals surface area contributed by atoms with E-state index in [-0.39, 0.29) is 0 Å². The molecule has 0 saturated carbocycles. The van der Waals surface area contributed by atoms with Gasteiger partial charge in [-0.3, -0.25) is 14.0 Å². The van der Waals surface area contributed by atoms with Crippen LogP contribution in [-0.2, 0) is 25.3 Å². The fourth-order valence-corrected chi connectivity index (χ4v) is 2.73. The van der Waals surface area contributed by atoms with Crippen molar-refractivity contribution in [3.8, 4) is 0 Å². The van der Waals surface area contributed by atoms with Crippen molar-refractivity contribution in [3.63, 3.8) is 0 Å². The summed E-state index contributed by atoms with van der Waals surface area (Å²) in [5.74, 6) is -1.00. The van der Waals surface area contributed by atoms with Gasteiger partial charge in [-0.15, -0.1) is 0 Å². The monoisotopic (exact) mass is 342 g/mol. The molecule has 0 unspecified atom stereocenters. The van der Waals surface area contributed by atoms with E-state index >= 15 is 0 Å². The highest BCUT2D eigenvalue weighted by Crippen LogP contribution is 2.47. The van der Waals surface area contributed by atoms with Crippen LogP contribution in [0.1, 0.15) is 36.8 Å². The quantitative estimate of drug-likeness (QED) is 0.606. The van der Waals surface area contributed by atoms with Gasteiger partial charge in [0.15, 0.2) is 11.5 Å². The van der Waals surface area contributed by atoms with Crippen LogP contribution in [0.2, 0.25) is 0 Å². The topological polar surface area (TPSA) is 70.4 Å². The Bertz CT molecular complexity index is 596. The lowest BCUT2D eigenvalue weighted by Gasteiger charge is -2.24. The molecule has 0 aliphatic heterocycles. The number of carbonyl (C=O) groups is 1. The Labute approximate surface area is 126 Å². The third-order valence-electron chi connectivity index (χ3n) is 2.87. The Hall–Kier alpha value is -1.18. The van der Waals surface area contributed by atoms with Crippen molar-refractivity contribution < 1.29 is 31.6 Å². The normalized spacial score (nSPS) is 13.5. The lowest BCUT2D eigenvalue weighted by atomic mass is 10.1. The van der Waals surface area contributed by atoms with Gasteiger partial charge in [-0.05, 0) is 20.8 Å². The SMILES string of the molecule is COP(=O)(CC(=O)c1cnn(C(C)(C)C)c1C(F)(F)F)OC. The van der Waals surface area contributed by atoms with Gasteiger partial charge < -0.3 is 9.05 Å². The zero-order chi connectivity index (χ0) is 17.3. The first-order valence-electron chi connectivity index (χ1n) is 6.25. The molecule has 1 heterocycles. The van der Waals surface area contributed by atoms with E-state index in [2.05, 4.69) is 14.1 Å². The van der Waals surface area contributed by atoms with Crippen LogP contribution in [0.4, 0.5) is 13.2 Å². The van der Waals surface area contributed by atoms with E-state index in [0.717, 1.165) is 25.1 Å². The molecule has 1 aromatic heterocycles. The lowest BCUT2D eigenvalue weighted by Crippen LogP contribution is -2.30. The Morgan fingerprint density at radius 3 is 2.14 bits per heavy atom. The van der Waals surface area contributed by atoms with E-state index in [9.17, 15) is 22.5 Å². The summed E-state index contributed by atoms with van der Waals surface area (Å²) < 4.78 is 61.7. The van der Waals surface area contributed by atoms with Gasteiger partial charge in [0.25, 0.3) is 0 Å². The minimum absolute atomic E-state index is 0.656. The summed E-state index contributed by atoms with van der Waals surface area (Å²) in [5, 5.41) is 3.66. The summed E-state index contributed by atoms with van der Waals surface area (Å²) in [6.45, 7) is 4.58. The Morgan fingerprint density at radius 1 is 1.27 bits per heavy atom. The molecule has 0 radical (unpaired) electrons. The predicted molar refractivity (Wildman–Crippen MR) is 73.0 cm³/mol.